The summed E-state index contributed by atoms with van der Waals surface area (Å²) in [6.45, 7) is 2.38. The Morgan fingerprint density at radius 2 is 1.73 bits per heavy atom. The van der Waals surface area contributed by atoms with Crippen LogP contribution in [0, 0.1) is 23.2 Å². The Morgan fingerprint density at radius 3 is 2.50 bits per heavy atom. The van der Waals surface area contributed by atoms with Crippen LogP contribution >= 0.6 is 15.9 Å². The Bertz CT molecular complexity index is 704. The summed E-state index contributed by atoms with van der Waals surface area (Å²) in [5.41, 5.74) is 3.03. The van der Waals surface area contributed by atoms with E-state index in [4.69, 9.17) is 0 Å². The molecule has 0 saturated heterocycles. The van der Waals surface area contributed by atoms with Crippen molar-refractivity contribution >= 4 is 15.9 Å². The van der Waals surface area contributed by atoms with Crippen molar-refractivity contribution in [1.29, 1.82) is 0 Å². The molecule has 0 spiro atoms. The fourth-order valence-electron chi connectivity index (χ4n) is 7.42. The lowest BCUT2D eigenvalue weighted by molar-refractivity contribution is -0.0396. The van der Waals surface area contributed by atoms with Gasteiger partial charge in [0, 0.05) is 5.33 Å². The molecule has 0 bridgehead atoms. The molecular weight excluding hydrogens is 436 g/mol. The number of aromatic hydroxyl groups is 1. The number of unbranched alkanes of at least 4 members (excludes halogenated alkanes) is 6. The maximum Gasteiger partial charge on any atom is 0.115 e. The lowest BCUT2D eigenvalue weighted by Crippen LogP contribution is -2.47. The summed E-state index contributed by atoms with van der Waals surface area (Å²) in [4.78, 5) is 0. The van der Waals surface area contributed by atoms with Crippen molar-refractivity contribution in [2.75, 3.05) is 5.33 Å². The number of hydrogen-bond acceptors (Lipinski definition) is 2. The monoisotopic (exact) mass is 476 g/mol. The summed E-state index contributed by atoms with van der Waals surface area (Å²) in [7, 11) is 0. The maximum absolute atomic E-state index is 10.8. The van der Waals surface area contributed by atoms with Gasteiger partial charge < -0.3 is 10.2 Å². The average Bonchev–Trinajstić information content (AvgIpc) is 3.04. The number of rotatable bonds is 9. The van der Waals surface area contributed by atoms with Crippen LogP contribution in [-0.4, -0.2) is 21.6 Å². The highest BCUT2D eigenvalue weighted by Gasteiger charge is 2.56. The van der Waals surface area contributed by atoms with Gasteiger partial charge in [0.2, 0.25) is 0 Å². The normalized spacial score (nSPS) is 35.0. The number of halogens is 1. The number of aliphatic hydroxyl groups excluding tert-OH is 1. The molecule has 0 aliphatic heterocycles. The first-order chi connectivity index (χ1) is 14.5. The molecule has 2 nitrogen and oxygen atoms in total. The molecule has 2 N–H and O–H groups in total. The molecule has 2 saturated carbocycles. The molecule has 0 aromatic heterocycles. The number of benzene rings is 1. The fraction of sp³-hybridized carbons (Fsp3) is 0.778. The van der Waals surface area contributed by atoms with Crippen LogP contribution in [0.5, 0.6) is 5.75 Å². The van der Waals surface area contributed by atoms with Gasteiger partial charge in [-0.15, -0.1) is 0 Å². The van der Waals surface area contributed by atoms with Crippen molar-refractivity contribution in [3.8, 4) is 5.75 Å². The van der Waals surface area contributed by atoms with E-state index in [1.54, 1.807) is 0 Å². The van der Waals surface area contributed by atoms with E-state index in [1.165, 1.54) is 75.3 Å². The molecule has 0 heterocycles. The van der Waals surface area contributed by atoms with Gasteiger partial charge in [-0.3, -0.25) is 0 Å². The molecule has 3 heteroatoms. The fourth-order valence-corrected chi connectivity index (χ4v) is 7.81. The van der Waals surface area contributed by atoms with Crippen LogP contribution in [-0.2, 0) is 6.42 Å². The molecule has 0 amide bonds. The Hall–Kier alpha value is -0.540. The van der Waals surface area contributed by atoms with Gasteiger partial charge in [-0.05, 0) is 97.3 Å². The van der Waals surface area contributed by atoms with E-state index in [0.717, 1.165) is 30.5 Å². The van der Waals surface area contributed by atoms with Crippen LogP contribution in [0.1, 0.15) is 101 Å². The Labute approximate surface area is 192 Å². The second-order valence-electron chi connectivity index (χ2n) is 10.7. The highest BCUT2D eigenvalue weighted by atomic mass is 79.9. The van der Waals surface area contributed by atoms with Crippen LogP contribution in [0.4, 0.5) is 0 Å². The van der Waals surface area contributed by atoms with E-state index < -0.39 is 0 Å². The number of phenolic OH excluding ortho intramolecular Hbond substituents is 1. The lowest BCUT2D eigenvalue weighted by atomic mass is 9.52. The van der Waals surface area contributed by atoms with Crippen LogP contribution in [0.15, 0.2) is 18.2 Å². The smallest absolute Gasteiger partial charge is 0.115 e. The highest BCUT2D eigenvalue weighted by Crippen LogP contribution is 2.62. The summed E-state index contributed by atoms with van der Waals surface area (Å²) in [6.07, 6.45) is 16.4. The Balaban J connectivity index is 1.43. The zero-order valence-corrected chi connectivity index (χ0v) is 20.4. The van der Waals surface area contributed by atoms with Crippen molar-refractivity contribution in [2.24, 2.45) is 23.2 Å². The lowest BCUT2D eigenvalue weighted by Gasteiger charge is -2.53. The number of alkyl halides is 1. The van der Waals surface area contributed by atoms with Gasteiger partial charge in [0.1, 0.15) is 5.75 Å². The summed E-state index contributed by atoms with van der Waals surface area (Å²) in [5, 5.41) is 22.0. The second-order valence-corrected chi connectivity index (χ2v) is 11.5. The molecule has 3 aliphatic carbocycles. The molecule has 2 fully saturated rings. The van der Waals surface area contributed by atoms with Crippen molar-refractivity contribution in [1.82, 2.24) is 0 Å². The summed E-state index contributed by atoms with van der Waals surface area (Å²) in [6, 6.07) is 6.14. The zero-order chi connectivity index (χ0) is 21.1. The van der Waals surface area contributed by atoms with E-state index in [0.29, 0.717) is 23.5 Å². The van der Waals surface area contributed by atoms with E-state index in [9.17, 15) is 10.2 Å². The predicted molar refractivity (Wildman–Crippen MR) is 128 cm³/mol. The van der Waals surface area contributed by atoms with Crippen molar-refractivity contribution in [3.05, 3.63) is 29.3 Å². The third kappa shape index (κ3) is 4.49. The van der Waals surface area contributed by atoms with Crippen molar-refractivity contribution < 1.29 is 10.2 Å². The molecule has 3 aliphatic rings. The SMILES string of the molecule is C[C@]12CCC3c4ccc(O)cc4C[C@@H](CCCCCCCCCBr)C3C1CC[C@@H]2O. The molecule has 6 atom stereocenters. The highest BCUT2D eigenvalue weighted by molar-refractivity contribution is 9.09. The number of phenols is 1. The van der Waals surface area contributed by atoms with E-state index in [2.05, 4.69) is 28.9 Å². The van der Waals surface area contributed by atoms with E-state index in [-0.39, 0.29) is 11.5 Å². The molecule has 168 valence electrons. The van der Waals surface area contributed by atoms with Gasteiger partial charge in [0.25, 0.3) is 0 Å². The standard InChI is InChI=1S/C27H41BrO2/c1-27-15-14-23-22-11-10-21(29)18-20(22)17-19(26(23)24(27)12-13-25(27)30)9-7-5-3-2-4-6-8-16-28/h10-11,18-19,23-26,29-30H,2-9,12-17H2,1H3/t19-,23?,24?,25+,26?,27+/m1/s1. The van der Waals surface area contributed by atoms with Crippen LogP contribution in [0.25, 0.3) is 0 Å². The van der Waals surface area contributed by atoms with Gasteiger partial charge in [0.15, 0.2) is 0 Å². The first kappa shape index (κ1) is 22.6. The predicted octanol–water partition coefficient (Wildman–Crippen LogP) is 7.35. The molecule has 3 unspecified atom stereocenters. The molecule has 4 rings (SSSR count). The van der Waals surface area contributed by atoms with Gasteiger partial charge in [-0.1, -0.05) is 67.4 Å². The summed E-state index contributed by atoms with van der Waals surface area (Å²) < 4.78 is 0. The van der Waals surface area contributed by atoms with E-state index in [1.807, 2.05) is 12.1 Å². The average molecular weight is 478 g/mol. The van der Waals surface area contributed by atoms with Crippen LogP contribution in [0.3, 0.4) is 0 Å². The minimum absolute atomic E-state index is 0.107. The van der Waals surface area contributed by atoms with Crippen molar-refractivity contribution in [2.45, 2.75) is 102 Å². The number of hydrogen-bond donors (Lipinski definition) is 2. The molecule has 1 aromatic rings. The molecule has 30 heavy (non-hydrogen) atoms. The second kappa shape index (κ2) is 9.94. The van der Waals surface area contributed by atoms with Gasteiger partial charge in [-0.25, -0.2) is 0 Å². The molecule has 1 aromatic carbocycles. The topological polar surface area (TPSA) is 40.5 Å². The first-order valence-corrected chi connectivity index (χ1v) is 13.7. The Kier molecular flexibility index (Phi) is 7.51. The van der Waals surface area contributed by atoms with Gasteiger partial charge >= 0.3 is 0 Å². The number of aliphatic hydroxyl groups is 1. The van der Waals surface area contributed by atoms with Crippen LogP contribution < -0.4 is 0 Å². The zero-order valence-electron chi connectivity index (χ0n) is 18.8. The first-order valence-electron chi connectivity index (χ1n) is 12.6. The largest absolute Gasteiger partial charge is 0.508 e. The minimum Gasteiger partial charge on any atom is -0.508 e. The van der Waals surface area contributed by atoms with Gasteiger partial charge in [-0.2, -0.15) is 0 Å². The molecule has 0 radical (unpaired) electrons. The van der Waals surface area contributed by atoms with Crippen LogP contribution in [0.2, 0.25) is 0 Å². The van der Waals surface area contributed by atoms with Gasteiger partial charge in [0.05, 0.1) is 6.10 Å². The van der Waals surface area contributed by atoms with E-state index >= 15 is 0 Å². The Morgan fingerprint density at radius 1 is 1.00 bits per heavy atom. The third-order valence-electron chi connectivity index (χ3n) is 9.04. The summed E-state index contributed by atoms with van der Waals surface area (Å²) >= 11 is 3.53. The maximum atomic E-state index is 10.8. The minimum atomic E-state index is -0.107. The molecular formula is C27H41BrO2. The summed E-state index contributed by atoms with van der Waals surface area (Å²) in [5.74, 6) is 3.16. The number of fused-ring (bicyclic) bond motifs is 5. The van der Waals surface area contributed by atoms with Crippen molar-refractivity contribution in [3.63, 3.8) is 0 Å². The third-order valence-corrected chi connectivity index (χ3v) is 9.60. The quantitative estimate of drug-likeness (QED) is 0.288.